The van der Waals surface area contributed by atoms with Crippen molar-refractivity contribution in [3.05, 3.63) is 18.3 Å². The molecule has 0 saturated carbocycles. The molecule has 1 aromatic heterocycles. The Bertz CT molecular complexity index is 472. The first-order valence-corrected chi connectivity index (χ1v) is 5.05. The molecule has 0 bridgehead atoms. The molecule has 0 saturated heterocycles. The molecule has 0 fully saturated rings. The van der Waals surface area contributed by atoms with Crippen LogP contribution in [0.15, 0.2) is 18.3 Å². The van der Waals surface area contributed by atoms with Crippen molar-refractivity contribution in [2.24, 2.45) is 0 Å². The van der Waals surface area contributed by atoms with E-state index >= 15 is 0 Å². The van der Waals surface area contributed by atoms with Crippen LogP contribution in [0, 0.1) is 0 Å². The number of nitrogen functional groups attached to an aromatic ring is 1. The number of hydrogen-bond donors (Lipinski definition) is 2. The number of nitrogens with two attached hydrogens (primary N) is 1. The van der Waals surface area contributed by atoms with Crippen molar-refractivity contribution in [1.82, 2.24) is 10.2 Å². The molecule has 0 aliphatic heterocycles. The van der Waals surface area contributed by atoms with Gasteiger partial charge in [0.05, 0.1) is 23.1 Å². The first kappa shape index (κ1) is 9.83. The maximum Gasteiger partial charge on any atom is 0.0672 e. The monoisotopic (exact) mass is 204 g/mol. The lowest BCUT2D eigenvalue weighted by atomic mass is 10.1. The molecule has 0 amide bonds. The summed E-state index contributed by atoms with van der Waals surface area (Å²) < 4.78 is 0. The van der Waals surface area contributed by atoms with Crippen LogP contribution in [0.1, 0.15) is 13.8 Å². The molecule has 0 aliphatic rings. The van der Waals surface area contributed by atoms with Crippen LogP contribution in [0.4, 0.5) is 11.4 Å². The molecular weight excluding hydrogens is 188 g/mol. The summed E-state index contributed by atoms with van der Waals surface area (Å²) in [5.41, 5.74) is 8.86. The van der Waals surface area contributed by atoms with Gasteiger partial charge in [0.2, 0.25) is 0 Å². The van der Waals surface area contributed by atoms with Gasteiger partial charge in [-0.3, -0.25) is 5.10 Å². The Balaban J connectivity index is 2.54. The van der Waals surface area contributed by atoms with Gasteiger partial charge in [-0.25, -0.2) is 0 Å². The lowest BCUT2D eigenvalue weighted by molar-refractivity contribution is 0.756. The van der Waals surface area contributed by atoms with E-state index in [1.54, 1.807) is 6.20 Å². The van der Waals surface area contributed by atoms with Crippen LogP contribution in [0.2, 0.25) is 0 Å². The predicted octanol–water partition coefficient (Wildman–Crippen LogP) is 1.99. The van der Waals surface area contributed by atoms with Gasteiger partial charge in [0, 0.05) is 18.5 Å². The number of aromatic nitrogens is 2. The topological polar surface area (TPSA) is 57.9 Å². The van der Waals surface area contributed by atoms with Crippen molar-refractivity contribution < 1.29 is 0 Å². The summed E-state index contributed by atoms with van der Waals surface area (Å²) in [5.74, 6) is 0. The highest BCUT2D eigenvalue weighted by atomic mass is 15.1. The summed E-state index contributed by atoms with van der Waals surface area (Å²) in [7, 11) is 2.04. The number of hydrogen-bond acceptors (Lipinski definition) is 3. The Morgan fingerprint density at radius 2 is 2.13 bits per heavy atom. The maximum atomic E-state index is 6.00. The van der Waals surface area contributed by atoms with Crippen molar-refractivity contribution in [3.8, 4) is 0 Å². The van der Waals surface area contributed by atoms with Crippen LogP contribution in [-0.4, -0.2) is 23.3 Å². The number of fused-ring (bicyclic) bond motifs is 1. The van der Waals surface area contributed by atoms with Gasteiger partial charge in [-0.15, -0.1) is 0 Å². The largest absolute Gasteiger partial charge is 0.397 e. The van der Waals surface area contributed by atoms with Crippen LogP contribution in [0.3, 0.4) is 0 Å². The Hall–Kier alpha value is -1.71. The summed E-state index contributed by atoms with van der Waals surface area (Å²) in [6.45, 7) is 4.27. The first-order valence-electron chi connectivity index (χ1n) is 5.05. The molecular formula is C11H16N4. The third kappa shape index (κ3) is 1.63. The Morgan fingerprint density at radius 3 is 2.80 bits per heavy atom. The zero-order valence-electron chi connectivity index (χ0n) is 9.28. The summed E-state index contributed by atoms with van der Waals surface area (Å²) in [5, 5.41) is 7.99. The second-order valence-corrected chi connectivity index (χ2v) is 4.07. The highest BCUT2D eigenvalue weighted by Crippen LogP contribution is 2.28. The molecule has 2 rings (SSSR count). The lowest BCUT2D eigenvalue weighted by Gasteiger charge is -2.25. The van der Waals surface area contributed by atoms with Crippen molar-refractivity contribution in [2.45, 2.75) is 19.9 Å². The molecule has 1 heterocycles. The van der Waals surface area contributed by atoms with Gasteiger partial charge in [0.1, 0.15) is 0 Å². The van der Waals surface area contributed by atoms with Gasteiger partial charge in [0.25, 0.3) is 0 Å². The van der Waals surface area contributed by atoms with Gasteiger partial charge in [-0.2, -0.15) is 5.10 Å². The Labute approximate surface area is 89.1 Å². The summed E-state index contributed by atoms with van der Waals surface area (Å²) in [6, 6.07) is 4.41. The number of aromatic amines is 1. The van der Waals surface area contributed by atoms with E-state index in [0.29, 0.717) is 6.04 Å². The highest BCUT2D eigenvalue weighted by Gasteiger charge is 2.10. The number of anilines is 2. The minimum Gasteiger partial charge on any atom is -0.397 e. The third-order valence-corrected chi connectivity index (χ3v) is 2.74. The highest BCUT2D eigenvalue weighted by molar-refractivity contribution is 5.88. The van der Waals surface area contributed by atoms with E-state index in [1.807, 2.05) is 19.2 Å². The maximum absolute atomic E-state index is 6.00. The number of nitrogens with zero attached hydrogens (tertiary/aromatic N) is 2. The van der Waals surface area contributed by atoms with E-state index < -0.39 is 0 Å². The SMILES string of the molecule is CC(C)N(C)c1cc2[nH]ncc2cc1N. The van der Waals surface area contributed by atoms with Crippen LogP contribution in [0.5, 0.6) is 0 Å². The van der Waals surface area contributed by atoms with Gasteiger partial charge >= 0.3 is 0 Å². The molecule has 0 unspecified atom stereocenters. The summed E-state index contributed by atoms with van der Waals surface area (Å²) in [4.78, 5) is 2.15. The van der Waals surface area contributed by atoms with Crippen LogP contribution in [0.25, 0.3) is 10.9 Å². The van der Waals surface area contributed by atoms with Crippen molar-refractivity contribution in [3.63, 3.8) is 0 Å². The number of nitrogens with one attached hydrogen (secondary N) is 1. The van der Waals surface area contributed by atoms with E-state index in [0.717, 1.165) is 22.3 Å². The number of benzene rings is 1. The molecule has 1 aromatic carbocycles. The zero-order valence-corrected chi connectivity index (χ0v) is 9.28. The fraction of sp³-hybridized carbons (Fsp3) is 0.364. The minimum atomic E-state index is 0.424. The first-order chi connectivity index (χ1) is 7.09. The predicted molar refractivity (Wildman–Crippen MR) is 64.0 cm³/mol. The fourth-order valence-electron chi connectivity index (χ4n) is 1.58. The molecule has 3 N–H and O–H groups in total. The van der Waals surface area contributed by atoms with Crippen LogP contribution < -0.4 is 10.6 Å². The van der Waals surface area contributed by atoms with Crippen molar-refractivity contribution >= 4 is 22.3 Å². The van der Waals surface area contributed by atoms with Crippen LogP contribution >= 0.6 is 0 Å². The van der Waals surface area contributed by atoms with Crippen LogP contribution in [-0.2, 0) is 0 Å². The summed E-state index contributed by atoms with van der Waals surface area (Å²) >= 11 is 0. The molecule has 2 aromatic rings. The molecule has 80 valence electrons. The van der Waals surface area contributed by atoms with Gasteiger partial charge in [-0.05, 0) is 26.0 Å². The van der Waals surface area contributed by atoms with E-state index in [4.69, 9.17) is 5.73 Å². The van der Waals surface area contributed by atoms with Gasteiger partial charge < -0.3 is 10.6 Å². The number of rotatable bonds is 2. The van der Waals surface area contributed by atoms with Gasteiger partial charge in [-0.1, -0.05) is 0 Å². The second kappa shape index (κ2) is 3.46. The molecule has 0 atom stereocenters. The minimum absolute atomic E-state index is 0.424. The molecule has 4 nitrogen and oxygen atoms in total. The Morgan fingerprint density at radius 1 is 1.40 bits per heavy atom. The average molecular weight is 204 g/mol. The number of H-pyrrole nitrogens is 1. The third-order valence-electron chi connectivity index (χ3n) is 2.74. The quantitative estimate of drug-likeness (QED) is 0.735. The zero-order chi connectivity index (χ0) is 11.0. The summed E-state index contributed by atoms with van der Waals surface area (Å²) in [6.07, 6.45) is 1.78. The molecule has 4 heteroatoms. The van der Waals surface area contributed by atoms with E-state index in [2.05, 4.69) is 28.9 Å². The fourth-order valence-corrected chi connectivity index (χ4v) is 1.58. The smallest absolute Gasteiger partial charge is 0.0672 e. The Kier molecular flexibility index (Phi) is 2.26. The molecule has 0 spiro atoms. The molecule has 0 aliphatic carbocycles. The standard InChI is InChI=1S/C11H16N4/c1-7(2)15(3)11-5-10-8(4-9(11)12)6-13-14-10/h4-7H,12H2,1-3H3,(H,13,14). The average Bonchev–Trinajstić information content (AvgIpc) is 2.62. The van der Waals surface area contributed by atoms with E-state index in [-0.39, 0.29) is 0 Å². The lowest BCUT2D eigenvalue weighted by Crippen LogP contribution is -2.26. The van der Waals surface area contributed by atoms with Crippen molar-refractivity contribution in [1.29, 1.82) is 0 Å². The normalized spacial score (nSPS) is 11.2. The van der Waals surface area contributed by atoms with Crippen molar-refractivity contribution in [2.75, 3.05) is 17.7 Å². The van der Waals surface area contributed by atoms with E-state index in [1.165, 1.54) is 0 Å². The van der Waals surface area contributed by atoms with Gasteiger partial charge in [0.15, 0.2) is 0 Å². The molecule has 0 radical (unpaired) electrons. The second-order valence-electron chi connectivity index (χ2n) is 4.07. The molecule has 15 heavy (non-hydrogen) atoms. The van der Waals surface area contributed by atoms with E-state index in [9.17, 15) is 0 Å².